The molecule has 29 heavy (non-hydrogen) atoms. The fraction of sp³-hybridized carbons (Fsp3) is 0.227. The summed E-state index contributed by atoms with van der Waals surface area (Å²) in [7, 11) is 0. The lowest BCUT2D eigenvalue weighted by Gasteiger charge is -2.17. The second-order valence-electron chi connectivity index (χ2n) is 7.05. The number of hydrogen-bond donors (Lipinski definition) is 0. The maximum atomic E-state index is 6.35. The Morgan fingerprint density at radius 3 is 2.90 bits per heavy atom. The van der Waals surface area contributed by atoms with Gasteiger partial charge in [0.15, 0.2) is 0 Å². The molecule has 1 atom stereocenters. The molecule has 1 unspecified atom stereocenters. The second-order valence-corrected chi connectivity index (χ2v) is 7.83. The van der Waals surface area contributed by atoms with E-state index in [2.05, 4.69) is 36.9 Å². The third-order valence-corrected chi connectivity index (χ3v) is 5.72. The highest BCUT2D eigenvalue weighted by molar-refractivity contribution is 7.07. The van der Waals surface area contributed by atoms with E-state index >= 15 is 0 Å². The first-order chi connectivity index (χ1) is 14.3. The molecule has 1 fully saturated rings. The number of ether oxygens (including phenoxy) is 1. The molecule has 146 valence electrons. The van der Waals surface area contributed by atoms with E-state index in [1.54, 1.807) is 23.7 Å². The van der Waals surface area contributed by atoms with E-state index in [0.29, 0.717) is 11.7 Å². The molecule has 0 N–H and O–H groups in total. The van der Waals surface area contributed by atoms with Gasteiger partial charge in [-0.3, -0.25) is 9.88 Å². The van der Waals surface area contributed by atoms with Gasteiger partial charge in [-0.1, -0.05) is 17.3 Å². The Bertz CT molecular complexity index is 1070. The average molecular weight is 404 g/mol. The van der Waals surface area contributed by atoms with E-state index in [9.17, 15) is 0 Å². The van der Waals surface area contributed by atoms with E-state index in [0.717, 1.165) is 42.9 Å². The SMILES string of the molecule is c1ccc(-c2nc(-c3ccncc3)no2)c(OC2CCN(Cc3ccsc3)C2)c1. The van der Waals surface area contributed by atoms with Crippen LogP contribution in [0.2, 0.25) is 0 Å². The number of rotatable bonds is 6. The standard InChI is InChI=1S/C22H20N4O2S/c1-2-4-20(27-18-7-11-26(14-18)13-16-8-12-29-15-16)19(3-1)22-24-21(25-28-22)17-5-9-23-10-6-17/h1-6,8-10,12,15,18H,7,11,13-14H2. The molecule has 7 heteroatoms. The molecule has 1 aliphatic rings. The maximum Gasteiger partial charge on any atom is 0.262 e. The Morgan fingerprint density at radius 2 is 2.03 bits per heavy atom. The van der Waals surface area contributed by atoms with Gasteiger partial charge < -0.3 is 9.26 Å². The number of hydrogen-bond acceptors (Lipinski definition) is 7. The van der Waals surface area contributed by atoms with Crippen molar-refractivity contribution in [3.8, 4) is 28.6 Å². The number of benzene rings is 1. The van der Waals surface area contributed by atoms with Crippen LogP contribution in [-0.4, -0.2) is 39.2 Å². The topological polar surface area (TPSA) is 64.3 Å². The molecule has 4 aromatic rings. The average Bonchev–Trinajstić information content (AvgIpc) is 3.52. The van der Waals surface area contributed by atoms with Gasteiger partial charge in [0.25, 0.3) is 5.89 Å². The van der Waals surface area contributed by atoms with Crippen LogP contribution >= 0.6 is 11.3 Å². The number of aromatic nitrogens is 3. The number of likely N-dealkylation sites (tertiary alicyclic amines) is 1. The summed E-state index contributed by atoms with van der Waals surface area (Å²) in [5.41, 5.74) is 3.05. The Kier molecular flexibility index (Phi) is 5.06. The lowest BCUT2D eigenvalue weighted by atomic mass is 10.2. The molecule has 0 radical (unpaired) electrons. The van der Waals surface area contributed by atoms with Crippen LogP contribution in [-0.2, 0) is 6.54 Å². The van der Waals surface area contributed by atoms with Gasteiger partial charge in [0.1, 0.15) is 11.9 Å². The van der Waals surface area contributed by atoms with Crippen molar-refractivity contribution < 1.29 is 9.26 Å². The van der Waals surface area contributed by atoms with Crippen molar-refractivity contribution in [2.45, 2.75) is 19.1 Å². The Morgan fingerprint density at radius 1 is 1.14 bits per heavy atom. The summed E-state index contributed by atoms with van der Waals surface area (Å²) in [4.78, 5) is 11.0. The first kappa shape index (κ1) is 18.0. The van der Waals surface area contributed by atoms with Crippen molar-refractivity contribution in [1.29, 1.82) is 0 Å². The van der Waals surface area contributed by atoms with Crippen molar-refractivity contribution in [1.82, 2.24) is 20.0 Å². The number of para-hydroxylation sites is 1. The zero-order valence-corrected chi connectivity index (χ0v) is 16.6. The van der Waals surface area contributed by atoms with Crippen molar-refractivity contribution in [2.75, 3.05) is 13.1 Å². The Balaban J connectivity index is 1.31. The number of nitrogens with zero attached hydrogens (tertiary/aromatic N) is 4. The van der Waals surface area contributed by atoms with Crippen LogP contribution < -0.4 is 4.74 Å². The summed E-state index contributed by atoms with van der Waals surface area (Å²) in [5, 5.41) is 8.45. The molecule has 0 aliphatic carbocycles. The van der Waals surface area contributed by atoms with E-state index in [-0.39, 0.29) is 6.10 Å². The maximum absolute atomic E-state index is 6.35. The van der Waals surface area contributed by atoms with Gasteiger partial charge in [-0.05, 0) is 53.1 Å². The Labute approximate surface area is 172 Å². The zero-order valence-electron chi connectivity index (χ0n) is 15.8. The molecule has 3 aromatic heterocycles. The predicted molar refractivity (Wildman–Crippen MR) is 112 cm³/mol. The summed E-state index contributed by atoms with van der Waals surface area (Å²) in [5.74, 6) is 1.78. The molecule has 5 rings (SSSR count). The normalized spacial score (nSPS) is 16.9. The van der Waals surface area contributed by atoms with Crippen LogP contribution in [0.4, 0.5) is 0 Å². The van der Waals surface area contributed by atoms with Crippen molar-refractivity contribution >= 4 is 11.3 Å². The van der Waals surface area contributed by atoms with Gasteiger partial charge in [0.05, 0.1) is 5.56 Å². The monoisotopic (exact) mass is 404 g/mol. The number of pyridine rings is 1. The summed E-state index contributed by atoms with van der Waals surface area (Å²) < 4.78 is 11.9. The molecule has 0 spiro atoms. The first-order valence-electron chi connectivity index (χ1n) is 9.59. The van der Waals surface area contributed by atoms with Crippen LogP contribution in [0.1, 0.15) is 12.0 Å². The molecule has 1 aliphatic heterocycles. The minimum absolute atomic E-state index is 0.150. The third-order valence-electron chi connectivity index (χ3n) is 4.99. The highest BCUT2D eigenvalue weighted by atomic mass is 32.1. The summed E-state index contributed by atoms with van der Waals surface area (Å²) in [6.07, 6.45) is 4.58. The molecule has 1 aromatic carbocycles. The molecular formula is C22H20N4O2S. The zero-order chi connectivity index (χ0) is 19.5. The fourth-order valence-corrected chi connectivity index (χ4v) is 4.21. The minimum atomic E-state index is 0.150. The first-order valence-corrected chi connectivity index (χ1v) is 10.5. The molecule has 0 amide bonds. The van der Waals surface area contributed by atoms with Crippen LogP contribution in [0, 0.1) is 0 Å². The van der Waals surface area contributed by atoms with Crippen LogP contribution in [0.5, 0.6) is 5.75 Å². The minimum Gasteiger partial charge on any atom is -0.488 e. The molecule has 1 saturated heterocycles. The fourth-order valence-electron chi connectivity index (χ4n) is 3.55. The van der Waals surface area contributed by atoms with E-state index in [4.69, 9.17) is 9.26 Å². The molecule has 0 saturated carbocycles. The summed E-state index contributed by atoms with van der Waals surface area (Å²) in [6.45, 7) is 2.93. The Hall–Kier alpha value is -3.03. The quantitative estimate of drug-likeness (QED) is 0.471. The van der Waals surface area contributed by atoms with Crippen molar-refractivity contribution in [3.63, 3.8) is 0 Å². The summed E-state index contributed by atoms with van der Waals surface area (Å²) in [6, 6.07) is 13.7. The van der Waals surface area contributed by atoms with Crippen molar-refractivity contribution in [2.24, 2.45) is 0 Å². The van der Waals surface area contributed by atoms with Gasteiger partial charge >= 0.3 is 0 Å². The molecular weight excluding hydrogens is 384 g/mol. The smallest absolute Gasteiger partial charge is 0.262 e. The highest BCUT2D eigenvalue weighted by Crippen LogP contribution is 2.32. The van der Waals surface area contributed by atoms with E-state index in [1.165, 1.54) is 5.56 Å². The molecule has 4 heterocycles. The van der Waals surface area contributed by atoms with Gasteiger partial charge in [0.2, 0.25) is 5.82 Å². The van der Waals surface area contributed by atoms with Gasteiger partial charge in [0, 0.05) is 37.6 Å². The summed E-state index contributed by atoms with van der Waals surface area (Å²) >= 11 is 1.74. The largest absolute Gasteiger partial charge is 0.488 e. The highest BCUT2D eigenvalue weighted by Gasteiger charge is 2.25. The molecule has 6 nitrogen and oxygen atoms in total. The van der Waals surface area contributed by atoms with Crippen molar-refractivity contribution in [3.05, 3.63) is 71.2 Å². The molecule has 0 bridgehead atoms. The van der Waals surface area contributed by atoms with E-state index in [1.807, 2.05) is 36.4 Å². The van der Waals surface area contributed by atoms with Gasteiger partial charge in [-0.15, -0.1) is 0 Å². The van der Waals surface area contributed by atoms with E-state index < -0.39 is 0 Å². The van der Waals surface area contributed by atoms with Gasteiger partial charge in [-0.2, -0.15) is 16.3 Å². The van der Waals surface area contributed by atoms with Crippen LogP contribution in [0.3, 0.4) is 0 Å². The van der Waals surface area contributed by atoms with Crippen LogP contribution in [0.15, 0.2) is 70.1 Å². The number of thiophene rings is 1. The van der Waals surface area contributed by atoms with Crippen LogP contribution in [0.25, 0.3) is 22.8 Å². The predicted octanol–water partition coefficient (Wildman–Crippen LogP) is 4.51. The second kappa shape index (κ2) is 8.14. The third kappa shape index (κ3) is 4.06. The van der Waals surface area contributed by atoms with Gasteiger partial charge in [-0.25, -0.2) is 0 Å². The lowest BCUT2D eigenvalue weighted by molar-refractivity contribution is 0.199. The lowest BCUT2D eigenvalue weighted by Crippen LogP contribution is -2.24.